The van der Waals surface area contributed by atoms with Gasteiger partial charge in [0.15, 0.2) is 0 Å². The lowest BCUT2D eigenvalue weighted by molar-refractivity contribution is -0.139. The van der Waals surface area contributed by atoms with Gasteiger partial charge in [-0.1, -0.05) is 44.9 Å². The Labute approximate surface area is 124 Å². The van der Waals surface area contributed by atoms with Crippen LogP contribution >= 0.6 is 0 Å². The molecule has 0 aromatic heterocycles. The van der Waals surface area contributed by atoms with Crippen molar-refractivity contribution in [3.63, 3.8) is 0 Å². The predicted molar refractivity (Wildman–Crippen MR) is 78.7 cm³/mol. The van der Waals surface area contributed by atoms with Crippen LogP contribution < -0.4 is 5.73 Å². The molecule has 0 saturated heterocycles. The van der Waals surface area contributed by atoms with Crippen LogP contribution in [0.4, 0.5) is 13.2 Å². The summed E-state index contributed by atoms with van der Waals surface area (Å²) in [7, 11) is 0. The minimum atomic E-state index is -4.34. The smallest absolute Gasteiger partial charge is 0.321 e. The average molecular weight is 299 g/mol. The van der Waals surface area contributed by atoms with Crippen LogP contribution in [0.25, 0.3) is 0 Å². The van der Waals surface area contributed by atoms with Crippen molar-refractivity contribution in [1.82, 2.24) is 0 Å². The topological polar surface area (TPSA) is 26.0 Å². The highest BCUT2D eigenvalue weighted by Crippen LogP contribution is 2.44. The van der Waals surface area contributed by atoms with Crippen molar-refractivity contribution < 1.29 is 13.2 Å². The Kier molecular flexibility index (Phi) is 4.66. The van der Waals surface area contributed by atoms with Gasteiger partial charge in [0, 0.05) is 5.54 Å². The second-order valence-electron chi connectivity index (χ2n) is 6.79. The van der Waals surface area contributed by atoms with Gasteiger partial charge in [-0.15, -0.1) is 0 Å². The molecule has 2 atom stereocenters. The minimum Gasteiger partial charge on any atom is -0.321 e. The van der Waals surface area contributed by atoms with Crippen LogP contribution in [0.15, 0.2) is 24.3 Å². The summed E-state index contributed by atoms with van der Waals surface area (Å²) in [5.74, 6) is 0.972. The molecule has 0 bridgehead atoms. The van der Waals surface area contributed by atoms with E-state index in [0.29, 0.717) is 24.7 Å². The van der Waals surface area contributed by atoms with Gasteiger partial charge < -0.3 is 5.73 Å². The molecular formula is C17H24F3N. The van der Waals surface area contributed by atoms with Crippen LogP contribution in [0.1, 0.15) is 57.1 Å². The summed E-state index contributed by atoms with van der Waals surface area (Å²) in [4.78, 5) is 0. The van der Waals surface area contributed by atoms with Crippen molar-refractivity contribution in [1.29, 1.82) is 0 Å². The van der Waals surface area contributed by atoms with E-state index < -0.39 is 17.3 Å². The van der Waals surface area contributed by atoms with E-state index in [4.69, 9.17) is 5.73 Å². The lowest BCUT2D eigenvalue weighted by atomic mass is 9.69. The van der Waals surface area contributed by atoms with Crippen LogP contribution in [-0.4, -0.2) is 0 Å². The first-order valence-corrected chi connectivity index (χ1v) is 7.68. The molecule has 1 aliphatic carbocycles. The maximum atomic E-state index is 13.2. The molecule has 1 aliphatic rings. The predicted octanol–water partition coefficient (Wildman–Crippen LogP) is 5.10. The van der Waals surface area contributed by atoms with Gasteiger partial charge in [-0.3, -0.25) is 0 Å². The van der Waals surface area contributed by atoms with Crippen LogP contribution in [0.2, 0.25) is 0 Å². The molecule has 0 spiro atoms. The molecule has 4 heteroatoms. The maximum absolute atomic E-state index is 13.2. The Hall–Kier alpha value is -1.03. The van der Waals surface area contributed by atoms with Gasteiger partial charge in [-0.25, -0.2) is 0 Å². The van der Waals surface area contributed by atoms with Gasteiger partial charge >= 0.3 is 6.18 Å². The van der Waals surface area contributed by atoms with E-state index in [2.05, 4.69) is 13.8 Å². The monoisotopic (exact) mass is 299 g/mol. The molecule has 0 amide bonds. The van der Waals surface area contributed by atoms with Crippen molar-refractivity contribution in [2.75, 3.05) is 0 Å². The maximum Gasteiger partial charge on any atom is 0.416 e. The van der Waals surface area contributed by atoms with E-state index in [9.17, 15) is 13.2 Å². The highest BCUT2D eigenvalue weighted by atomic mass is 19.4. The summed E-state index contributed by atoms with van der Waals surface area (Å²) in [5.41, 5.74) is 5.30. The summed E-state index contributed by atoms with van der Waals surface area (Å²) in [6.45, 7) is 4.30. The molecule has 2 N–H and O–H groups in total. The van der Waals surface area contributed by atoms with Crippen LogP contribution in [0.5, 0.6) is 0 Å². The summed E-state index contributed by atoms with van der Waals surface area (Å²) in [6.07, 6.45) is -0.0422. The first-order valence-electron chi connectivity index (χ1n) is 7.68. The van der Waals surface area contributed by atoms with Crippen molar-refractivity contribution in [2.24, 2.45) is 17.6 Å². The Balaban J connectivity index is 2.31. The number of hydrogen-bond acceptors (Lipinski definition) is 1. The zero-order valence-corrected chi connectivity index (χ0v) is 12.7. The lowest BCUT2D eigenvalue weighted by Crippen LogP contribution is -2.43. The van der Waals surface area contributed by atoms with Gasteiger partial charge in [0.2, 0.25) is 0 Å². The fraction of sp³-hybridized carbons (Fsp3) is 0.647. The molecule has 1 fully saturated rings. The highest BCUT2D eigenvalue weighted by molar-refractivity contribution is 5.36. The number of benzene rings is 1. The van der Waals surface area contributed by atoms with Gasteiger partial charge in [0.25, 0.3) is 0 Å². The molecule has 0 heterocycles. The number of halogens is 3. The van der Waals surface area contributed by atoms with E-state index in [1.807, 2.05) is 0 Å². The SMILES string of the molecule is CC(C)CC1CCCC(N)(c2ccccc2C(F)(F)F)C1. The van der Waals surface area contributed by atoms with E-state index in [-0.39, 0.29) is 5.56 Å². The standard InChI is InChI=1S/C17H24F3N/c1-12(2)10-13-6-5-9-16(21,11-13)14-7-3-4-8-15(14)17(18,19)20/h3-4,7-8,12-13H,5-6,9-11,21H2,1-2H3. The van der Waals surface area contributed by atoms with E-state index >= 15 is 0 Å². The Morgan fingerprint density at radius 2 is 1.95 bits per heavy atom. The van der Waals surface area contributed by atoms with Crippen LogP contribution in [0.3, 0.4) is 0 Å². The van der Waals surface area contributed by atoms with Crippen molar-refractivity contribution in [3.8, 4) is 0 Å². The number of rotatable bonds is 3. The van der Waals surface area contributed by atoms with E-state index in [1.165, 1.54) is 6.07 Å². The van der Waals surface area contributed by atoms with Gasteiger partial charge in [-0.05, 0) is 42.7 Å². The zero-order chi connectivity index (χ0) is 15.7. The summed E-state index contributed by atoms with van der Waals surface area (Å²) < 4.78 is 39.7. The summed E-state index contributed by atoms with van der Waals surface area (Å²) in [5, 5.41) is 0. The zero-order valence-electron chi connectivity index (χ0n) is 12.7. The Morgan fingerprint density at radius 3 is 2.57 bits per heavy atom. The molecule has 0 aliphatic heterocycles. The summed E-state index contributed by atoms with van der Waals surface area (Å²) in [6, 6.07) is 5.80. The number of alkyl halides is 3. The third kappa shape index (κ3) is 3.79. The van der Waals surface area contributed by atoms with E-state index in [0.717, 1.165) is 25.3 Å². The molecule has 2 unspecified atom stereocenters. The molecular weight excluding hydrogens is 275 g/mol. The minimum absolute atomic E-state index is 0.269. The molecule has 1 aromatic rings. The van der Waals surface area contributed by atoms with E-state index in [1.54, 1.807) is 12.1 Å². The second-order valence-corrected chi connectivity index (χ2v) is 6.79. The van der Waals surface area contributed by atoms with Crippen LogP contribution in [0, 0.1) is 11.8 Å². The van der Waals surface area contributed by atoms with Gasteiger partial charge in [-0.2, -0.15) is 13.2 Å². The van der Waals surface area contributed by atoms with Crippen molar-refractivity contribution >= 4 is 0 Å². The first-order chi connectivity index (χ1) is 9.72. The largest absolute Gasteiger partial charge is 0.416 e. The fourth-order valence-corrected chi connectivity index (χ4v) is 3.70. The number of hydrogen-bond donors (Lipinski definition) is 1. The molecule has 2 rings (SSSR count). The first kappa shape index (κ1) is 16.3. The average Bonchev–Trinajstić information content (AvgIpc) is 2.37. The molecule has 118 valence electrons. The molecule has 1 nitrogen and oxygen atoms in total. The normalized spacial score (nSPS) is 27.1. The third-order valence-electron chi connectivity index (χ3n) is 4.46. The quantitative estimate of drug-likeness (QED) is 0.826. The molecule has 1 aromatic carbocycles. The van der Waals surface area contributed by atoms with Crippen molar-refractivity contribution in [2.45, 2.75) is 57.7 Å². The molecule has 0 radical (unpaired) electrons. The lowest BCUT2D eigenvalue weighted by Gasteiger charge is -2.40. The molecule has 1 saturated carbocycles. The second kappa shape index (κ2) is 5.99. The number of nitrogens with two attached hydrogens (primary N) is 1. The van der Waals surface area contributed by atoms with Crippen molar-refractivity contribution in [3.05, 3.63) is 35.4 Å². The van der Waals surface area contributed by atoms with Gasteiger partial charge in [0.1, 0.15) is 0 Å². The molecule has 21 heavy (non-hydrogen) atoms. The highest BCUT2D eigenvalue weighted by Gasteiger charge is 2.41. The third-order valence-corrected chi connectivity index (χ3v) is 4.46. The fourth-order valence-electron chi connectivity index (χ4n) is 3.70. The van der Waals surface area contributed by atoms with Crippen LogP contribution in [-0.2, 0) is 11.7 Å². The Morgan fingerprint density at radius 1 is 1.29 bits per heavy atom. The summed E-state index contributed by atoms with van der Waals surface area (Å²) >= 11 is 0. The Bertz CT molecular complexity index is 481. The van der Waals surface area contributed by atoms with Gasteiger partial charge in [0.05, 0.1) is 5.56 Å².